The summed E-state index contributed by atoms with van der Waals surface area (Å²) in [5.74, 6) is -1.54. The fourth-order valence-corrected chi connectivity index (χ4v) is 0.605. The van der Waals surface area contributed by atoms with Crippen molar-refractivity contribution < 1.29 is 17.9 Å². The summed E-state index contributed by atoms with van der Waals surface area (Å²) in [6, 6.07) is 0. The number of rotatable bonds is 4. The molecule has 0 radical (unpaired) electrons. The van der Waals surface area contributed by atoms with Gasteiger partial charge < -0.3 is 10.5 Å². The van der Waals surface area contributed by atoms with Gasteiger partial charge in [-0.15, -0.1) is 0 Å². The van der Waals surface area contributed by atoms with E-state index in [9.17, 15) is 13.2 Å². The van der Waals surface area contributed by atoms with Crippen LogP contribution in [-0.4, -0.2) is 25.4 Å². The molecule has 0 saturated heterocycles. The quantitative estimate of drug-likeness (QED) is 0.721. The largest absolute Gasteiger partial charge is 0.395 e. The molecule has 0 rings (SSSR count). The van der Waals surface area contributed by atoms with Crippen molar-refractivity contribution in [3.63, 3.8) is 0 Å². The average Bonchev–Trinajstić information content (AvgIpc) is 1.85. The van der Waals surface area contributed by atoms with Crippen molar-refractivity contribution in [2.45, 2.75) is 26.1 Å². The minimum Gasteiger partial charge on any atom is -0.378 e. The Kier molecular flexibility index (Phi) is 4.55. The molecule has 1 unspecified atom stereocenters. The Morgan fingerprint density at radius 1 is 1.33 bits per heavy atom. The Morgan fingerprint density at radius 3 is 2.08 bits per heavy atom. The molecule has 0 aliphatic heterocycles. The van der Waals surface area contributed by atoms with E-state index in [-0.39, 0.29) is 12.7 Å². The van der Waals surface area contributed by atoms with E-state index in [1.165, 1.54) is 0 Å². The molecule has 0 aromatic carbocycles. The van der Waals surface area contributed by atoms with Crippen LogP contribution in [0.5, 0.6) is 0 Å². The maximum Gasteiger partial charge on any atom is 0.395 e. The highest BCUT2D eigenvalue weighted by Gasteiger charge is 2.38. The van der Waals surface area contributed by atoms with Gasteiger partial charge in [0.2, 0.25) is 0 Å². The normalized spacial score (nSPS) is 15.2. The first kappa shape index (κ1) is 11.7. The summed E-state index contributed by atoms with van der Waals surface area (Å²) in [6.45, 7) is 2.60. The summed E-state index contributed by atoms with van der Waals surface area (Å²) in [4.78, 5) is 0. The second-order valence-corrected chi connectivity index (χ2v) is 2.86. The zero-order chi connectivity index (χ0) is 9.78. The lowest BCUT2D eigenvalue weighted by Crippen LogP contribution is -2.34. The van der Waals surface area contributed by atoms with E-state index in [2.05, 4.69) is 0 Å². The first-order chi connectivity index (χ1) is 5.38. The van der Waals surface area contributed by atoms with Gasteiger partial charge in [-0.25, -0.2) is 0 Å². The summed E-state index contributed by atoms with van der Waals surface area (Å²) in [7, 11) is 0. The maximum atomic E-state index is 12.0. The molecule has 0 amide bonds. The number of hydrogen-bond donors (Lipinski definition) is 1. The van der Waals surface area contributed by atoms with E-state index in [1.54, 1.807) is 13.8 Å². The van der Waals surface area contributed by atoms with Crippen molar-refractivity contribution in [2.75, 3.05) is 13.2 Å². The van der Waals surface area contributed by atoms with Crippen LogP contribution < -0.4 is 5.73 Å². The topological polar surface area (TPSA) is 35.2 Å². The Bertz CT molecular complexity index is 124. The Labute approximate surface area is 69.9 Å². The Hall–Kier alpha value is -0.290. The standard InChI is InChI=1S/C7H14F3NO/c1-5(2)12-4-6(3-11)7(8,9)10/h5-6H,3-4,11H2,1-2H3. The third-order valence-electron chi connectivity index (χ3n) is 1.38. The van der Waals surface area contributed by atoms with Gasteiger partial charge in [-0.2, -0.15) is 13.2 Å². The van der Waals surface area contributed by atoms with Crippen molar-refractivity contribution in [3.8, 4) is 0 Å². The molecule has 0 fully saturated rings. The van der Waals surface area contributed by atoms with Crippen molar-refractivity contribution in [2.24, 2.45) is 11.7 Å². The van der Waals surface area contributed by atoms with E-state index < -0.39 is 18.6 Å². The molecule has 2 nitrogen and oxygen atoms in total. The summed E-state index contributed by atoms with van der Waals surface area (Å²) in [6.07, 6.45) is -4.44. The van der Waals surface area contributed by atoms with Gasteiger partial charge in [0.25, 0.3) is 0 Å². The van der Waals surface area contributed by atoms with Gasteiger partial charge in [0.15, 0.2) is 0 Å². The zero-order valence-electron chi connectivity index (χ0n) is 7.19. The minimum atomic E-state index is -4.25. The first-order valence-corrected chi connectivity index (χ1v) is 3.76. The average molecular weight is 185 g/mol. The smallest absolute Gasteiger partial charge is 0.378 e. The van der Waals surface area contributed by atoms with E-state index in [0.29, 0.717) is 0 Å². The van der Waals surface area contributed by atoms with Crippen LogP contribution in [0.1, 0.15) is 13.8 Å². The molecule has 2 N–H and O–H groups in total. The van der Waals surface area contributed by atoms with Crippen LogP contribution in [0.3, 0.4) is 0 Å². The highest BCUT2D eigenvalue weighted by molar-refractivity contribution is 4.67. The van der Waals surface area contributed by atoms with Crippen LogP contribution in [0.25, 0.3) is 0 Å². The minimum absolute atomic E-state index is 0.193. The Balaban J connectivity index is 3.84. The number of hydrogen-bond acceptors (Lipinski definition) is 2. The van der Waals surface area contributed by atoms with Gasteiger partial charge >= 0.3 is 6.18 Å². The molecule has 12 heavy (non-hydrogen) atoms. The van der Waals surface area contributed by atoms with Crippen LogP contribution in [0.4, 0.5) is 13.2 Å². The molecule has 0 spiro atoms. The second-order valence-electron chi connectivity index (χ2n) is 2.86. The predicted molar refractivity (Wildman–Crippen MR) is 39.7 cm³/mol. The molecular weight excluding hydrogens is 171 g/mol. The molecule has 0 aliphatic rings. The highest BCUT2D eigenvalue weighted by Crippen LogP contribution is 2.25. The van der Waals surface area contributed by atoms with Crippen LogP contribution in [0.15, 0.2) is 0 Å². The molecule has 0 saturated carbocycles. The van der Waals surface area contributed by atoms with Gasteiger partial charge in [-0.1, -0.05) is 0 Å². The van der Waals surface area contributed by atoms with Gasteiger partial charge in [-0.3, -0.25) is 0 Å². The summed E-state index contributed by atoms with van der Waals surface area (Å²) in [5.41, 5.74) is 4.95. The highest BCUT2D eigenvalue weighted by atomic mass is 19.4. The van der Waals surface area contributed by atoms with E-state index in [1.807, 2.05) is 0 Å². The monoisotopic (exact) mass is 185 g/mol. The fraction of sp³-hybridized carbons (Fsp3) is 1.00. The number of ether oxygens (including phenoxy) is 1. The summed E-state index contributed by atoms with van der Waals surface area (Å²) < 4.78 is 40.9. The molecule has 0 heterocycles. The molecule has 0 bridgehead atoms. The van der Waals surface area contributed by atoms with Gasteiger partial charge in [0.05, 0.1) is 18.6 Å². The van der Waals surface area contributed by atoms with Crippen LogP contribution >= 0.6 is 0 Å². The van der Waals surface area contributed by atoms with E-state index in [4.69, 9.17) is 10.5 Å². The fourth-order valence-electron chi connectivity index (χ4n) is 0.605. The zero-order valence-corrected chi connectivity index (χ0v) is 7.19. The molecular formula is C7H14F3NO. The second kappa shape index (κ2) is 4.67. The van der Waals surface area contributed by atoms with Gasteiger partial charge in [-0.05, 0) is 13.8 Å². The maximum absolute atomic E-state index is 12.0. The van der Waals surface area contributed by atoms with Gasteiger partial charge in [0, 0.05) is 6.54 Å². The third kappa shape index (κ3) is 4.56. The van der Waals surface area contributed by atoms with Crippen LogP contribution in [0, 0.1) is 5.92 Å². The van der Waals surface area contributed by atoms with Crippen molar-refractivity contribution >= 4 is 0 Å². The summed E-state index contributed by atoms with van der Waals surface area (Å²) in [5, 5.41) is 0. The molecule has 0 aliphatic carbocycles. The lowest BCUT2D eigenvalue weighted by Gasteiger charge is -2.19. The number of halogens is 3. The number of nitrogens with two attached hydrogens (primary N) is 1. The predicted octanol–water partition coefficient (Wildman–Crippen LogP) is 1.55. The molecule has 1 atom stereocenters. The van der Waals surface area contributed by atoms with E-state index >= 15 is 0 Å². The van der Waals surface area contributed by atoms with Crippen molar-refractivity contribution in [1.82, 2.24) is 0 Å². The van der Waals surface area contributed by atoms with Crippen LogP contribution in [-0.2, 0) is 4.74 Å². The van der Waals surface area contributed by atoms with Crippen LogP contribution in [0.2, 0.25) is 0 Å². The lowest BCUT2D eigenvalue weighted by molar-refractivity contribution is -0.187. The van der Waals surface area contributed by atoms with Crippen molar-refractivity contribution in [3.05, 3.63) is 0 Å². The lowest BCUT2D eigenvalue weighted by atomic mass is 10.1. The number of alkyl halides is 3. The third-order valence-corrected chi connectivity index (χ3v) is 1.38. The molecule has 74 valence electrons. The SMILES string of the molecule is CC(C)OCC(CN)C(F)(F)F. The molecule has 5 heteroatoms. The Morgan fingerprint density at radius 2 is 1.83 bits per heavy atom. The first-order valence-electron chi connectivity index (χ1n) is 3.76. The van der Waals surface area contributed by atoms with E-state index in [0.717, 1.165) is 0 Å². The van der Waals surface area contributed by atoms with Gasteiger partial charge in [0.1, 0.15) is 0 Å². The summed E-state index contributed by atoms with van der Waals surface area (Å²) >= 11 is 0. The molecule has 0 aromatic rings. The van der Waals surface area contributed by atoms with Crippen molar-refractivity contribution in [1.29, 1.82) is 0 Å². The molecule has 0 aromatic heterocycles.